The first-order chi connectivity index (χ1) is 8.27. The van der Waals surface area contributed by atoms with Gasteiger partial charge in [0.1, 0.15) is 0 Å². The Bertz CT molecular complexity index is 341. The zero-order valence-electron chi connectivity index (χ0n) is 9.32. The number of rotatable bonds is 8. The fourth-order valence-electron chi connectivity index (χ4n) is 1.07. The molecular weight excluding hydrogens is 245 g/mol. The Morgan fingerprint density at radius 3 is 3.00 bits per heavy atom. The standard InChI is InChI=1S/C9H16FN5OS/c10-7-6-13-9(15-11)14-8(7)12-2-5-17-4-1-3-16/h6,16H,1-5,11H2,(H2,12,13,14,15). The van der Waals surface area contributed by atoms with Crippen molar-refractivity contribution >= 4 is 23.5 Å². The number of aliphatic hydroxyl groups is 1. The van der Waals surface area contributed by atoms with E-state index in [4.69, 9.17) is 10.9 Å². The van der Waals surface area contributed by atoms with E-state index in [1.807, 2.05) is 0 Å². The van der Waals surface area contributed by atoms with Crippen molar-refractivity contribution < 1.29 is 9.50 Å². The molecule has 1 rings (SSSR count). The molecule has 17 heavy (non-hydrogen) atoms. The fourth-order valence-corrected chi connectivity index (χ4v) is 1.85. The van der Waals surface area contributed by atoms with E-state index in [1.165, 1.54) is 0 Å². The van der Waals surface area contributed by atoms with Crippen molar-refractivity contribution in [2.75, 3.05) is 35.4 Å². The molecule has 0 aliphatic carbocycles. The number of aliphatic hydroxyl groups excluding tert-OH is 1. The zero-order chi connectivity index (χ0) is 12.5. The molecule has 96 valence electrons. The lowest BCUT2D eigenvalue weighted by Gasteiger charge is -2.07. The number of halogens is 1. The Balaban J connectivity index is 2.30. The highest BCUT2D eigenvalue weighted by atomic mass is 32.2. The van der Waals surface area contributed by atoms with Crippen molar-refractivity contribution in [1.29, 1.82) is 0 Å². The molecule has 1 aromatic heterocycles. The molecule has 0 aromatic carbocycles. The smallest absolute Gasteiger partial charge is 0.239 e. The number of hydrogen-bond acceptors (Lipinski definition) is 7. The van der Waals surface area contributed by atoms with E-state index in [-0.39, 0.29) is 18.4 Å². The molecule has 0 atom stereocenters. The van der Waals surface area contributed by atoms with Gasteiger partial charge < -0.3 is 10.4 Å². The van der Waals surface area contributed by atoms with Gasteiger partial charge in [-0.25, -0.2) is 15.2 Å². The Kier molecular flexibility index (Phi) is 6.60. The highest BCUT2D eigenvalue weighted by Crippen LogP contribution is 2.11. The van der Waals surface area contributed by atoms with Gasteiger partial charge in [0.25, 0.3) is 0 Å². The maximum Gasteiger partial charge on any atom is 0.239 e. The normalized spacial score (nSPS) is 10.3. The van der Waals surface area contributed by atoms with Crippen molar-refractivity contribution in [2.24, 2.45) is 5.84 Å². The number of hydrazine groups is 1. The van der Waals surface area contributed by atoms with Gasteiger partial charge in [-0.05, 0) is 12.2 Å². The van der Waals surface area contributed by atoms with Gasteiger partial charge in [0.05, 0.1) is 6.20 Å². The van der Waals surface area contributed by atoms with Crippen molar-refractivity contribution in [3.8, 4) is 0 Å². The molecule has 0 unspecified atom stereocenters. The van der Waals surface area contributed by atoms with Gasteiger partial charge in [-0.2, -0.15) is 16.7 Å². The van der Waals surface area contributed by atoms with Crippen LogP contribution in [0, 0.1) is 5.82 Å². The molecule has 1 aromatic rings. The second-order valence-corrected chi connectivity index (χ2v) is 4.38. The first-order valence-corrected chi connectivity index (χ1v) is 6.35. The fraction of sp³-hybridized carbons (Fsp3) is 0.556. The highest BCUT2D eigenvalue weighted by Gasteiger charge is 2.05. The lowest BCUT2D eigenvalue weighted by molar-refractivity contribution is 0.296. The van der Waals surface area contributed by atoms with Gasteiger partial charge in [0.2, 0.25) is 5.95 Å². The van der Waals surface area contributed by atoms with Gasteiger partial charge in [-0.15, -0.1) is 0 Å². The third-order valence-electron chi connectivity index (χ3n) is 1.86. The van der Waals surface area contributed by atoms with E-state index in [0.29, 0.717) is 6.54 Å². The minimum atomic E-state index is -0.510. The second-order valence-electron chi connectivity index (χ2n) is 3.15. The second kappa shape index (κ2) is 8.04. The summed E-state index contributed by atoms with van der Waals surface area (Å²) in [5, 5.41) is 11.4. The number of anilines is 2. The maximum absolute atomic E-state index is 13.2. The number of nitrogens with one attached hydrogen (secondary N) is 2. The van der Waals surface area contributed by atoms with Crippen molar-refractivity contribution in [3.63, 3.8) is 0 Å². The highest BCUT2D eigenvalue weighted by molar-refractivity contribution is 7.99. The first-order valence-electron chi connectivity index (χ1n) is 5.19. The van der Waals surface area contributed by atoms with E-state index in [0.717, 1.165) is 24.1 Å². The minimum absolute atomic E-state index is 0.135. The average Bonchev–Trinajstić information content (AvgIpc) is 2.35. The predicted molar refractivity (Wildman–Crippen MR) is 67.3 cm³/mol. The van der Waals surface area contributed by atoms with Gasteiger partial charge in [0.15, 0.2) is 11.6 Å². The monoisotopic (exact) mass is 261 g/mol. The van der Waals surface area contributed by atoms with Crippen LogP contribution in [0.1, 0.15) is 6.42 Å². The summed E-state index contributed by atoms with van der Waals surface area (Å²) in [6, 6.07) is 0. The third kappa shape index (κ3) is 5.16. The van der Waals surface area contributed by atoms with Crippen LogP contribution in [0.15, 0.2) is 6.20 Å². The summed E-state index contributed by atoms with van der Waals surface area (Å²) >= 11 is 1.68. The summed E-state index contributed by atoms with van der Waals surface area (Å²) in [5.74, 6) is 6.62. The summed E-state index contributed by atoms with van der Waals surface area (Å²) in [7, 11) is 0. The van der Waals surface area contributed by atoms with Crippen LogP contribution in [0.3, 0.4) is 0 Å². The van der Waals surface area contributed by atoms with Crippen LogP contribution < -0.4 is 16.6 Å². The Hall–Kier alpha value is -1.12. The lowest BCUT2D eigenvalue weighted by atomic mass is 10.5. The quantitative estimate of drug-likeness (QED) is 0.306. The molecule has 0 amide bonds. The van der Waals surface area contributed by atoms with Gasteiger partial charge in [-0.3, -0.25) is 5.43 Å². The zero-order valence-corrected chi connectivity index (χ0v) is 10.1. The number of thioether (sulfide) groups is 1. The number of nitrogens with two attached hydrogens (primary N) is 1. The molecule has 5 N–H and O–H groups in total. The van der Waals surface area contributed by atoms with Crippen molar-refractivity contribution in [2.45, 2.75) is 6.42 Å². The Morgan fingerprint density at radius 1 is 1.47 bits per heavy atom. The summed E-state index contributed by atoms with van der Waals surface area (Å²) in [4.78, 5) is 7.47. The Labute approximate surface area is 103 Å². The molecule has 0 spiro atoms. The van der Waals surface area contributed by atoms with Crippen LogP contribution in [-0.4, -0.2) is 39.7 Å². The molecule has 0 aliphatic heterocycles. The number of nitrogens with zero attached hydrogens (tertiary/aromatic N) is 2. The largest absolute Gasteiger partial charge is 0.396 e. The van der Waals surface area contributed by atoms with Crippen LogP contribution in [-0.2, 0) is 0 Å². The number of nitrogen functional groups attached to an aromatic ring is 1. The Morgan fingerprint density at radius 2 is 2.29 bits per heavy atom. The molecule has 0 saturated heterocycles. The van der Waals surface area contributed by atoms with E-state index in [2.05, 4.69) is 20.7 Å². The van der Waals surface area contributed by atoms with Gasteiger partial charge in [-0.1, -0.05) is 0 Å². The van der Waals surface area contributed by atoms with Gasteiger partial charge in [0, 0.05) is 18.9 Å². The third-order valence-corrected chi connectivity index (χ3v) is 2.93. The van der Waals surface area contributed by atoms with E-state index >= 15 is 0 Å². The summed E-state index contributed by atoms with van der Waals surface area (Å²) in [5.41, 5.74) is 2.25. The molecule has 0 saturated carbocycles. The van der Waals surface area contributed by atoms with Crippen LogP contribution in [0.4, 0.5) is 16.2 Å². The summed E-state index contributed by atoms with van der Waals surface area (Å²) in [6.07, 6.45) is 1.83. The lowest BCUT2D eigenvalue weighted by Crippen LogP contribution is -2.14. The molecular formula is C9H16FN5OS. The molecule has 0 aliphatic rings. The van der Waals surface area contributed by atoms with Gasteiger partial charge >= 0.3 is 0 Å². The van der Waals surface area contributed by atoms with Crippen LogP contribution >= 0.6 is 11.8 Å². The minimum Gasteiger partial charge on any atom is -0.396 e. The van der Waals surface area contributed by atoms with Crippen LogP contribution in [0.5, 0.6) is 0 Å². The van der Waals surface area contributed by atoms with Crippen molar-refractivity contribution in [3.05, 3.63) is 12.0 Å². The van der Waals surface area contributed by atoms with Crippen LogP contribution in [0.2, 0.25) is 0 Å². The molecule has 0 fully saturated rings. The molecule has 0 bridgehead atoms. The number of hydrogen-bond donors (Lipinski definition) is 4. The van der Waals surface area contributed by atoms with E-state index in [9.17, 15) is 4.39 Å². The average molecular weight is 261 g/mol. The topological polar surface area (TPSA) is 96.1 Å². The maximum atomic E-state index is 13.2. The van der Waals surface area contributed by atoms with Crippen LogP contribution in [0.25, 0.3) is 0 Å². The van der Waals surface area contributed by atoms with E-state index < -0.39 is 5.82 Å². The molecule has 6 nitrogen and oxygen atoms in total. The van der Waals surface area contributed by atoms with Crippen molar-refractivity contribution in [1.82, 2.24) is 9.97 Å². The molecule has 0 radical (unpaired) electrons. The summed E-state index contributed by atoms with van der Waals surface area (Å²) in [6.45, 7) is 0.792. The molecule has 8 heteroatoms. The first kappa shape index (κ1) is 13.9. The molecule has 1 heterocycles. The predicted octanol–water partition coefficient (Wildman–Crippen LogP) is 0.429. The summed E-state index contributed by atoms with van der Waals surface area (Å²) < 4.78 is 13.2. The number of aromatic nitrogens is 2. The van der Waals surface area contributed by atoms with E-state index in [1.54, 1.807) is 11.8 Å². The SMILES string of the molecule is NNc1ncc(F)c(NCCSCCCO)n1.